The summed E-state index contributed by atoms with van der Waals surface area (Å²) in [6.45, 7) is 6.36. The van der Waals surface area contributed by atoms with Crippen molar-refractivity contribution in [2.45, 2.75) is 82.9 Å². The van der Waals surface area contributed by atoms with Gasteiger partial charge in [0.2, 0.25) is 21.8 Å². The van der Waals surface area contributed by atoms with Crippen LogP contribution in [0.3, 0.4) is 0 Å². The van der Waals surface area contributed by atoms with Crippen LogP contribution in [0, 0.1) is 5.92 Å². The first kappa shape index (κ1) is 33.6. The first-order valence-corrected chi connectivity index (χ1v) is 17.3. The van der Waals surface area contributed by atoms with Crippen LogP contribution in [0.5, 0.6) is 0 Å². The SMILES string of the molecule is CC(C)(C)OC(=O)N[C@H]1CC[C@@H](C(=O)N[C@H](Cc2ccc(Cl)cc2)C(=O)N2CCC(c3ccccc3NS(C)(=O)=O)CC2)C1. The second-order valence-corrected chi connectivity index (χ2v) is 15.0. The Labute approximate surface area is 265 Å². The lowest BCUT2D eigenvalue weighted by atomic mass is 9.88. The summed E-state index contributed by atoms with van der Waals surface area (Å²) < 4.78 is 31.7. The predicted molar refractivity (Wildman–Crippen MR) is 171 cm³/mol. The quantitative estimate of drug-likeness (QED) is 0.357. The van der Waals surface area contributed by atoms with Crippen LogP contribution >= 0.6 is 11.6 Å². The molecule has 2 aromatic carbocycles. The van der Waals surface area contributed by atoms with E-state index >= 15 is 0 Å². The molecule has 1 aliphatic heterocycles. The molecule has 12 heteroatoms. The molecule has 2 aliphatic rings. The summed E-state index contributed by atoms with van der Waals surface area (Å²) in [6.07, 6.45) is 3.99. The highest BCUT2D eigenvalue weighted by Gasteiger charge is 2.36. The molecule has 0 aromatic heterocycles. The lowest BCUT2D eigenvalue weighted by Gasteiger charge is -2.35. The third-order valence-corrected chi connectivity index (χ3v) is 8.84. The van der Waals surface area contributed by atoms with Crippen molar-refractivity contribution in [1.82, 2.24) is 15.5 Å². The summed E-state index contributed by atoms with van der Waals surface area (Å²) in [7, 11) is -3.43. The Morgan fingerprint density at radius 1 is 1.00 bits per heavy atom. The number of carbonyl (C=O) groups excluding carboxylic acids is 3. The van der Waals surface area contributed by atoms with Crippen molar-refractivity contribution in [3.8, 4) is 0 Å². The number of amides is 3. The number of carbonyl (C=O) groups is 3. The van der Waals surface area contributed by atoms with Gasteiger partial charge in [-0.1, -0.05) is 41.9 Å². The maximum Gasteiger partial charge on any atom is 0.407 e. The van der Waals surface area contributed by atoms with Crippen molar-refractivity contribution < 1.29 is 27.5 Å². The maximum atomic E-state index is 13.9. The Morgan fingerprint density at radius 3 is 2.30 bits per heavy atom. The second-order valence-electron chi connectivity index (χ2n) is 12.8. The molecule has 4 rings (SSSR count). The van der Waals surface area contributed by atoms with E-state index < -0.39 is 27.8 Å². The highest BCUT2D eigenvalue weighted by atomic mass is 35.5. The van der Waals surface area contributed by atoms with E-state index in [1.165, 1.54) is 0 Å². The molecular weight excluding hydrogens is 604 g/mol. The van der Waals surface area contributed by atoms with Crippen LogP contribution in [0.15, 0.2) is 48.5 Å². The zero-order chi connectivity index (χ0) is 32.1. The average molecular weight is 647 g/mol. The van der Waals surface area contributed by atoms with E-state index in [0.29, 0.717) is 62.3 Å². The molecule has 2 fully saturated rings. The molecule has 1 heterocycles. The van der Waals surface area contributed by atoms with Gasteiger partial charge in [-0.15, -0.1) is 0 Å². The van der Waals surface area contributed by atoms with E-state index in [0.717, 1.165) is 17.4 Å². The fourth-order valence-corrected chi connectivity index (χ4v) is 6.66. The number of nitrogens with one attached hydrogen (secondary N) is 3. The van der Waals surface area contributed by atoms with Gasteiger partial charge in [0.15, 0.2) is 0 Å². The number of ether oxygens (including phenoxy) is 1. The van der Waals surface area contributed by atoms with Gasteiger partial charge in [0.25, 0.3) is 0 Å². The molecule has 10 nitrogen and oxygen atoms in total. The fraction of sp³-hybridized carbons (Fsp3) is 0.531. The van der Waals surface area contributed by atoms with Gasteiger partial charge in [0.05, 0.1) is 11.9 Å². The van der Waals surface area contributed by atoms with Crippen LogP contribution in [-0.4, -0.2) is 68.3 Å². The summed E-state index contributed by atoms with van der Waals surface area (Å²) in [5.74, 6) is -0.612. The summed E-state index contributed by atoms with van der Waals surface area (Å²) in [6, 6.07) is 13.6. The van der Waals surface area contributed by atoms with Gasteiger partial charge in [-0.3, -0.25) is 14.3 Å². The van der Waals surface area contributed by atoms with Gasteiger partial charge in [-0.2, -0.15) is 0 Å². The van der Waals surface area contributed by atoms with Crippen molar-refractivity contribution in [3.63, 3.8) is 0 Å². The first-order valence-electron chi connectivity index (χ1n) is 15.1. The molecule has 44 heavy (non-hydrogen) atoms. The number of alkyl carbamates (subject to hydrolysis) is 1. The number of benzene rings is 2. The van der Waals surface area contributed by atoms with E-state index in [-0.39, 0.29) is 29.7 Å². The van der Waals surface area contributed by atoms with E-state index in [4.69, 9.17) is 16.3 Å². The third-order valence-electron chi connectivity index (χ3n) is 7.99. The summed E-state index contributed by atoms with van der Waals surface area (Å²) in [4.78, 5) is 41.3. The van der Waals surface area contributed by atoms with Crippen molar-refractivity contribution in [2.75, 3.05) is 24.1 Å². The number of likely N-dealkylation sites (tertiary alicyclic amines) is 1. The number of para-hydroxylation sites is 1. The average Bonchev–Trinajstić information content (AvgIpc) is 3.40. The van der Waals surface area contributed by atoms with Gasteiger partial charge in [-0.25, -0.2) is 13.2 Å². The molecule has 1 saturated carbocycles. The first-order chi connectivity index (χ1) is 20.7. The van der Waals surface area contributed by atoms with Crippen molar-refractivity contribution in [1.29, 1.82) is 0 Å². The lowest BCUT2D eigenvalue weighted by molar-refractivity contribution is -0.138. The minimum atomic E-state index is -3.43. The molecule has 3 N–H and O–H groups in total. The minimum Gasteiger partial charge on any atom is -0.444 e. The minimum absolute atomic E-state index is 0.0849. The molecule has 2 aromatic rings. The molecule has 1 saturated heterocycles. The third kappa shape index (κ3) is 9.85. The summed E-state index contributed by atoms with van der Waals surface area (Å²) >= 11 is 6.08. The number of rotatable bonds is 9. The van der Waals surface area contributed by atoms with Gasteiger partial charge in [-0.05, 0) is 88.1 Å². The second kappa shape index (κ2) is 14.2. The highest BCUT2D eigenvalue weighted by molar-refractivity contribution is 7.92. The molecule has 0 bridgehead atoms. The Kier molecular flexibility index (Phi) is 10.8. The van der Waals surface area contributed by atoms with Crippen molar-refractivity contribution >= 4 is 45.2 Å². The number of nitrogens with zero attached hydrogens (tertiary/aromatic N) is 1. The van der Waals surface area contributed by atoms with E-state index in [2.05, 4.69) is 15.4 Å². The fourth-order valence-electron chi connectivity index (χ4n) is 5.95. The standard InChI is InChI=1S/C32H43ClN4O6S/c1-32(2,3)43-31(40)34-25-14-11-23(20-25)29(38)35-28(19-21-9-12-24(33)13-10-21)30(39)37-17-15-22(16-18-37)26-7-5-6-8-27(26)36-44(4,41)42/h5-10,12-13,22-23,25,28,36H,11,14-20H2,1-4H3,(H,34,40)(H,35,38)/t23-,25+,28-/m1/s1. The molecular formula is C32H43ClN4O6S. The Bertz CT molecular complexity index is 1440. The maximum absolute atomic E-state index is 13.9. The summed E-state index contributed by atoms with van der Waals surface area (Å²) in [5.41, 5.74) is 1.73. The van der Waals surface area contributed by atoms with Gasteiger partial charge in [0, 0.05) is 36.5 Å². The van der Waals surface area contributed by atoms with E-state index in [9.17, 15) is 22.8 Å². The largest absolute Gasteiger partial charge is 0.444 e. The smallest absolute Gasteiger partial charge is 0.407 e. The number of hydrogen-bond donors (Lipinski definition) is 3. The number of sulfonamides is 1. The van der Waals surface area contributed by atoms with Gasteiger partial charge >= 0.3 is 6.09 Å². The molecule has 0 radical (unpaired) electrons. The van der Waals surface area contributed by atoms with Crippen LogP contribution in [0.2, 0.25) is 5.02 Å². The van der Waals surface area contributed by atoms with Crippen LogP contribution in [0.4, 0.5) is 10.5 Å². The molecule has 3 amide bonds. The highest BCUT2D eigenvalue weighted by Crippen LogP contribution is 2.34. The molecule has 1 aliphatic carbocycles. The topological polar surface area (TPSA) is 134 Å². The Morgan fingerprint density at radius 2 is 1.66 bits per heavy atom. The number of hydrogen-bond acceptors (Lipinski definition) is 6. The Balaban J connectivity index is 1.41. The zero-order valence-corrected chi connectivity index (χ0v) is 27.3. The van der Waals surface area contributed by atoms with Crippen LogP contribution in [-0.2, 0) is 30.8 Å². The van der Waals surface area contributed by atoms with Crippen molar-refractivity contribution in [3.05, 3.63) is 64.7 Å². The molecule has 0 unspecified atom stereocenters. The van der Waals surface area contributed by atoms with Crippen LogP contribution in [0.25, 0.3) is 0 Å². The zero-order valence-electron chi connectivity index (χ0n) is 25.8. The summed E-state index contributed by atoms with van der Waals surface area (Å²) in [5, 5.41) is 6.47. The normalized spacial score (nSPS) is 20.1. The van der Waals surface area contributed by atoms with Crippen molar-refractivity contribution in [2.24, 2.45) is 5.92 Å². The van der Waals surface area contributed by atoms with E-state index in [1.807, 2.05) is 24.3 Å². The van der Waals surface area contributed by atoms with Crippen LogP contribution < -0.4 is 15.4 Å². The molecule has 240 valence electrons. The molecule has 0 spiro atoms. The van der Waals surface area contributed by atoms with Crippen LogP contribution in [0.1, 0.15) is 69.9 Å². The number of piperidine rings is 1. The predicted octanol–water partition coefficient (Wildman–Crippen LogP) is 4.84. The monoisotopic (exact) mass is 646 g/mol. The van der Waals surface area contributed by atoms with E-state index in [1.54, 1.807) is 49.9 Å². The number of halogens is 1. The molecule has 3 atom stereocenters. The Hall–Kier alpha value is -3.31. The van der Waals surface area contributed by atoms with Gasteiger partial charge in [0.1, 0.15) is 11.6 Å². The van der Waals surface area contributed by atoms with Gasteiger partial charge < -0.3 is 20.3 Å². The lowest BCUT2D eigenvalue weighted by Crippen LogP contribution is -2.52. The number of anilines is 1.